The largest absolute Gasteiger partial charge is 0.382 e. The highest BCUT2D eigenvalue weighted by Gasteiger charge is 2.31. The maximum Gasteiger partial charge on any atom is 0.0700 e. The molecule has 0 aliphatic carbocycles. The Morgan fingerprint density at radius 1 is 1.05 bits per heavy atom. The first-order valence-corrected chi connectivity index (χ1v) is 9.67. The number of methoxy groups -OCH3 is 1. The highest BCUT2D eigenvalue weighted by atomic mass is 79.9. The summed E-state index contributed by atoms with van der Waals surface area (Å²) in [7, 11) is 1.69. The van der Waals surface area contributed by atoms with E-state index in [1.165, 1.54) is 10.0 Å². The second-order valence-electron chi connectivity index (χ2n) is 4.74. The van der Waals surface area contributed by atoms with Crippen molar-refractivity contribution in [1.82, 2.24) is 0 Å². The Kier molecular flexibility index (Phi) is 9.62. The van der Waals surface area contributed by atoms with Gasteiger partial charge in [0.25, 0.3) is 0 Å². The predicted molar refractivity (Wildman–Crippen MR) is 95.3 cm³/mol. The average Bonchev–Trinajstić information content (AvgIpc) is 2.48. The van der Waals surface area contributed by atoms with Gasteiger partial charge < -0.3 is 9.47 Å². The number of alkyl halides is 2. The first-order chi connectivity index (χ1) is 9.70. The lowest BCUT2D eigenvalue weighted by molar-refractivity contribution is 0.0671. The third-order valence-electron chi connectivity index (χ3n) is 3.33. The number of rotatable bonds is 10. The number of halogens is 3. The highest BCUT2D eigenvalue weighted by molar-refractivity contribution is 9.10. The van der Waals surface area contributed by atoms with E-state index in [0.29, 0.717) is 13.2 Å². The molecule has 0 atom stereocenters. The van der Waals surface area contributed by atoms with Crippen LogP contribution in [0.25, 0.3) is 0 Å². The molecule has 0 heterocycles. The van der Waals surface area contributed by atoms with E-state index < -0.39 is 0 Å². The highest BCUT2D eigenvalue weighted by Crippen LogP contribution is 2.37. The van der Waals surface area contributed by atoms with Crippen molar-refractivity contribution in [3.05, 3.63) is 34.3 Å². The van der Waals surface area contributed by atoms with Gasteiger partial charge in [-0.25, -0.2) is 0 Å². The Morgan fingerprint density at radius 3 is 2.35 bits per heavy atom. The average molecular weight is 473 g/mol. The summed E-state index contributed by atoms with van der Waals surface area (Å²) in [6.45, 7) is 2.10. The molecule has 0 aliphatic rings. The zero-order valence-corrected chi connectivity index (χ0v) is 16.5. The fraction of sp³-hybridized carbons (Fsp3) is 0.600. The zero-order chi connectivity index (χ0) is 14.8. The van der Waals surface area contributed by atoms with Crippen molar-refractivity contribution in [2.45, 2.75) is 18.3 Å². The van der Waals surface area contributed by atoms with E-state index in [9.17, 15) is 0 Å². The van der Waals surface area contributed by atoms with E-state index in [-0.39, 0.29) is 5.41 Å². The smallest absolute Gasteiger partial charge is 0.0700 e. The van der Waals surface area contributed by atoms with E-state index in [0.717, 1.165) is 30.1 Å². The van der Waals surface area contributed by atoms with Gasteiger partial charge in [-0.3, -0.25) is 0 Å². The Labute approximate surface area is 147 Å². The van der Waals surface area contributed by atoms with Crippen molar-refractivity contribution >= 4 is 47.8 Å². The zero-order valence-electron chi connectivity index (χ0n) is 11.7. The third-order valence-corrected chi connectivity index (χ3v) is 6.17. The standard InChI is InChI=1S/C15H21Br3O2/c1-19-9-10-20-8-4-7-15(11-16,12-17)13-5-2-3-6-14(13)18/h2-3,5-6H,4,7-12H2,1H3. The van der Waals surface area contributed by atoms with E-state index >= 15 is 0 Å². The molecule has 114 valence electrons. The van der Waals surface area contributed by atoms with Crippen LogP contribution in [0.2, 0.25) is 0 Å². The number of hydrogen-bond donors (Lipinski definition) is 0. The molecule has 0 N–H and O–H groups in total. The van der Waals surface area contributed by atoms with Crippen LogP contribution in [0.15, 0.2) is 28.7 Å². The Bertz CT molecular complexity index is 381. The lowest BCUT2D eigenvalue weighted by Gasteiger charge is -2.31. The summed E-state index contributed by atoms with van der Waals surface area (Å²) in [5, 5.41) is 1.85. The van der Waals surface area contributed by atoms with Crippen molar-refractivity contribution in [3.63, 3.8) is 0 Å². The monoisotopic (exact) mass is 470 g/mol. The molecular weight excluding hydrogens is 452 g/mol. The van der Waals surface area contributed by atoms with Gasteiger partial charge in [0.15, 0.2) is 0 Å². The molecule has 0 fully saturated rings. The van der Waals surface area contributed by atoms with Crippen molar-refractivity contribution in [3.8, 4) is 0 Å². The molecule has 0 aromatic heterocycles. The second-order valence-corrected chi connectivity index (χ2v) is 6.71. The van der Waals surface area contributed by atoms with Crippen molar-refractivity contribution in [2.24, 2.45) is 0 Å². The maximum atomic E-state index is 5.56. The molecule has 0 bridgehead atoms. The first kappa shape index (κ1) is 18.6. The van der Waals surface area contributed by atoms with Crippen molar-refractivity contribution in [2.75, 3.05) is 37.6 Å². The van der Waals surface area contributed by atoms with Crippen LogP contribution in [0, 0.1) is 0 Å². The van der Waals surface area contributed by atoms with Gasteiger partial charge in [-0.05, 0) is 24.5 Å². The van der Waals surface area contributed by atoms with E-state index in [2.05, 4.69) is 72.1 Å². The second kappa shape index (κ2) is 10.3. The van der Waals surface area contributed by atoms with Crippen LogP contribution in [0.5, 0.6) is 0 Å². The molecule has 1 aromatic carbocycles. The number of benzene rings is 1. The summed E-state index contributed by atoms with van der Waals surface area (Å²) in [6, 6.07) is 8.44. The van der Waals surface area contributed by atoms with Crippen LogP contribution >= 0.6 is 47.8 Å². The fourth-order valence-electron chi connectivity index (χ4n) is 2.10. The molecule has 0 saturated heterocycles. The molecule has 0 radical (unpaired) electrons. The van der Waals surface area contributed by atoms with Gasteiger partial charge in [-0.1, -0.05) is 66.0 Å². The lowest BCUT2D eigenvalue weighted by Crippen LogP contribution is -2.31. The van der Waals surface area contributed by atoms with Crippen LogP contribution in [0.3, 0.4) is 0 Å². The Hall–Kier alpha value is 0.580. The molecule has 0 unspecified atom stereocenters. The molecule has 2 nitrogen and oxygen atoms in total. The molecule has 0 saturated carbocycles. The van der Waals surface area contributed by atoms with Crippen LogP contribution in [-0.4, -0.2) is 37.6 Å². The van der Waals surface area contributed by atoms with Gasteiger partial charge in [-0.2, -0.15) is 0 Å². The maximum absolute atomic E-state index is 5.56. The van der Waals surface area contributed by atoms with Gasteiger partial charge in [0.2, 0.25) is 0 Å². The molecule has 0 amide bonds. The van der Waals surface area contributed by atoms with Gasteiger partial charge in [0.1, 0.15) is 0 Å². The summed E-state index contributed by atoms with van der Waals surface area (Å²) >= 11 is 11.0. The molecule has 1 rings (SSSR count). The molecule has 1 aromatic rings. The van der Waals surface area contributed by atoms with Crippen LogP contribution < -0.4 is 0 Å². The minimum atomic E-state index is 0.0880. The van der Waals surface area contributed by atoms with Crippen LogP contribution in [-0.2, 0) is 14.9 Å². The Balaban J connectivity index is 2.61. The molecular formula is C15H21Br3O2. The summed E-state index contributed by atoms with van der Waals surface area (Å²) in [6.07, 6.45) is 2.10. The number of ether oxygens (including phenoxy) is 2. The van der Waals surface area contributed by atoms with Gasteiger partial charge in [0.05, 0.1) is 13.2 Å². The van der Waals surface area contributed by atoms with Crippen molar-refractivity contribution in [1.29, 1.82) is 0 Å². The molecule has 20 heavy (non-hydrogen) atoms. The van der Waals surface area contributed by atoms with Crippen molar-refractivity contribution < 1.29 is 9.47 Å². The minimum absolute atomic E-state index is 0.0880. The first-order valence-electron chi connectivity index (χ1n) is 6.64. The van der Waals surface area contributed by atoms with Crippen LogP contribution in [0.1, 0.15) is 18.4 Å². The molecule has 0 spiro atoms. The van der Waals surface area contributed by atoms with E-state index in [1.54, 1.807) is 7.11 Å². The topological polar surface area (TPSA) is 18.5 Å². The SMILES string of the molecule is COCCOCCCC(CBr)(CBr)c1ccccc1Br. The lowest BCUT2D eigenvalue weighted by atomic mass is 9.80. The fourth-order valence-corrected chi connectivity index (χ4v) is 4.89. The third kappa shape index (κ3) is 5.41. The molecule has 0 aliphatic heterocycles. The van der Waals surface area contributed by atoms with E-state index in [4.69, 9.17) is 9.47 Å². The van der Waals surface area contributed by atoms with Gasteiger partial charge in [0, 0.05) is 34.3 Å². The quantitative estimate of drug-likeness (QED) is 0.355. The Morgan fingerprint density at radius 2 is 1.75 bits per heavy atom. The van der Waals surface area contributed by atoms with Gasteiger partial charge in [-0.15, -0.1) is 0 Å². The van der Waals surface area contributed by atoms with Gasteiger partial charge >= 0.3 is 0 Å². The summed E-state index contributed by atoms with van der Waals surface area (Å²) in [5.74, 6) is 0. The summed E-state index contributed by atoms with van der Waals surface area (Å²) in [5.41, 5.74) is 1.43. The summed E-state index contributed by atoms with van der Waals surface area (Å²) < 4.78 is 11.7. The predicted octanol–water partition coefficient (Wildman–Crippen LogP) is 4.92. The van der Waals surface area contributed by atoms with E-state index in [1.807, 2.05) is 0 Å². The molecule has 5 heteroatoms. The normalized spacial score (nSPS) is 11.8. The summed E-state index contributed by atoms with van der Waals surface area (Å²) in [4.78, 5) is 0. The minimum Gasteiger partial charge on any atom is -0.382 e. The number of hydrogen-bond acceptors (Lipinski definition) is 2. The van der Waals surface area contributed by atoms with Crippen LogP contribution in [0.4, 0.5) is 0 Å².